The molecular weight excluding hydrogens is 675 g/mol. The molecule has 0 saturated carbocycles. The summed E-state index contributed by atoms with van der Waals surface area (Å²) in [4.78, 5) is 38.6. The minimum absolute atomic E-state index is 0.165. The largest absolute Gasteiger partial charge is 0.310 e. The molecule has 264 valence electrons. The highest BCUT2D eigenvalue weighted by Crippen LogP contribution is 2.29. The molecule has 2 N–H and O–H groups in total. The molecule has 3 aromatic carbocycles. The Morgan fingerprint density at radius 1 is 0.918 bits per heavy atom. The van der Waals surface area contributed by atoms with Gasteiger partial charge in [-0.05, 0) is 55.7 Å². The number of sulfonamides is 2. The number of nitro benzene ring substituents is 1. The van der Waals surface area contributed by atoms with Gasteiger partial charge in [0.05, 0.1) is 30.0 Å². The lowest BCUT2D eigenvalue weighted by atomic mass is 10.1. The van der Waals surface area contributed by atoms with Crippen molar-refractivity contribution in [2.45, 2.75) is 44.8 Å². The van der Waals surface area contributed by atoms with Gasteiger partial charge in [-0.25, -0.2) is 21.8 Å². The number of likely N-dealkylation sites (N-methyl/N-ethyl adjacent to an activating group) is 1. The standard InChI is InChI=1S/C32H41N7O8S2/c1-23(2)38(49(46,47)30-13-9-8-12-28(30)39(42)43)17-16-37(29-18-27(15-14-24(29)3)34-48(5,44)45)32(41)20-33-19-31(40)35(4)36-21-25-10-6-7-11-26(25)22-36/h6-15,18,23,33-34H,16-17,19-22H2,1-5H3. The first kappa shape index (κ1) is 37.4. The van der Waals surface area contributed by atoms with Crippen LogP contribution in [0.15, 0.2) is 71.6 Å². The number of amides is 2. The first-order chi connectivity index (χ1) is 23.0. The van der Waals surface area contributed by atoms with E-state index in [1.54, 1.807) is 33.9 Å². The van der Waals surface area contributed by atoms with Crippen molar-refractivity contribution in [2.24, 2.45) is 0 Å². The normalized spacial score (nSPS) is 13.4. The molecule has 49 heavy (non-hydrogen) atoms. The van der Waals surface area contributed by atoms with Gasteiger partial charge in [0.1, 0.15) is 0 Å². The third kappa shape index (κ3) is 9.18. The van der Waals surface area contributed by atoms with Crippen molar-refractivity contribution in [1.82, 2.24) is 19.6 Å². The summed E-state index contributed by atoms with van der Waals surface area (Å²) in [6.07, 6.45) is 0.988. The van der Waals surface area contributed by atoms with Gasteiger partial charge in [-0.15, -0.1) is 0 Å². The molecule has 0 unspecified atom stereocenters. The van der Waals surface area contributed by atoms with Gasteiger partial charge in [0.25, 0.3) is 11.6 Å². The number of rotatable bonds is 15. The molecule has 4 rings (SSSR count). The summed E-state index contributed by atoms with van der Waals surface area (Å²) in [7, 11) is -6.40. The average molecular weight is 716 g/mol. The second-order valence-corrected chi connectivity index (χ2v) is 15.6. The summed E-state index contributed by atoms with van der Waals surface area (Å²) >= 11 is 0. The zero-order valence-corrected chi connectivity index (χ0v) is 29.6. The maximum absolute atomic E-state index is 13.8. The zero-order valence-electron chi connectivity index (χ0n) is 28.0. The first-order valence-corrected chi connectivity index (χ1v) is 18.8. The number of hydrogen-bond acceptors (Lipinski definition) is 10. The Hall–Kier alpha value is -4.42. The molecule has 1 heterocycles. The molecule has 2 amide bonds. The Kier molecular flexibility index (Phi) is 11.8. The Morgan fingerprint density at radius 3 is 2.10 bits per heavy atom. The number of aryl methyl sites for hydroxylation is 1. The topological polar surface area (TPSA) is 183 Å². The van der Waals surface area contributed by atoms with Crippen molar-refractivity contribution in [1.29, 1.82) is 0 Å². The molecular formula is C32H41N7O8S2. The van der Waals surface area contributed by atoms with E-state index >= 15 is 0 Å². The number of carbonyl (C=O) groups is 2. The van der Waals surface area contributed by atoms with E-state index in [4.69, 9.17) is 0 Å². The summed E-state index contributed by atoms with van der Waals surface area (Å²) in [5.41, 5.74) is 2.77. The molecule has 0 atom stereocenters. The van der Waals surface area contributed by atoms with Crippen LogP contribution in [0.5, 0.6) is 0 Å². The fourth-order valence-corrected chi connectivity index (χ4v) is 7.88. The number of hydrazine groups is 1. The maximum atomic E-state index is 13.8. The van der Waals surface area contributed by atoms with Gasteiger partial charge in [0, 0.05) is 51.0 Å². The SMILES string of the molecule is Cc1ccc(NS(C)(=O)=O)cc1N(CCN(C(C)C)S(=O)(=O)c1ccccc1[N+](=O)[O-])C(=O)CNCC(=O)N(C)N1Cc2ccccc2C1. The number of para-hydroxylation sites is 1. The van der Waals surface area contributed by atoms with E-state index in [-0.39, 0.29) is 37.8 Å². The molecule has 0 bridgehead atoms. The minimum atomic E-state index is -4.40. The van der Waals surface area contributed by atoms with Crippen LogP contribution >= 0.6 is 0 Å². The summed E-state index contributed by atoms with van der Waals surface area (Å²) in [5, 5.41) is 18.0. The molecule has 0 fully saturated rings. The van der Waals surface area contributed by atoms with Crippen LogP contribution in [-0.2, 0) is 42.7 Å². The van der Waals surface area contributed by atoms with E-state index in [9.17, 15) is 36.5 Å². The smallest absolute Gasteiger partial charge is 0.289 e. The Bertz CT molecular complexity index is 1910. The van der Waals surface area contributed by atoms with Crippen molar-refractivity contribution in [3.8, 4) is 0 Å². The summed E-state index contributed by atoms with van der Waals surface area (Å²) < 4.78 is 54.9. The lowest BCUT2D eigenvalue weighted by Crippen LogP contribution is -2.48. The second kappa shape index (κ2) is 15.4. The summed E-state index contributed by atoms with van der Waals surface area (Å²) in [6.45, 7) is 5.17. The molecule has 15 nitrogen and oxygen atoms in total. The predicted octanol–water partition coefficient (Wildman–Crippen LogP) is 2.69. The lowest BCUT2D eigenvalue weighted by molar-refractivity contribution is -0.387. The number of carbonyl (C=O) groups excluding carboxylic acids is 2. The van der Waals surface area contributed by atoms with Crippen LogP contribution in [-0.4, -0.2) is 93.4 Å². The molecule has 1 aliphatic heterocycles. The maximum Gasteiger partial charge on any atom is 0.289 e. The number of nitro groups is 1. The highest BCUT2D eigenvalue weighted by Gasteiger charge is 2.34. The van der Waals surface area contributed by atoms with Gasteiger partial charge >= 0.3 is 0 Å². The number of nitrogens with zero attached hydrogens (tertiary/aromatic N) is 5. The van der Waals surface area contributed by atoms with Crippen LogP contribution in [0.4, 0.5) is 17.1 Å². The number of hydrogen-bond donors (Lipinski definition) is 2. The van der Waals surface area contributed by atoms with Gasteiger partial charge in [0.2, 0.25) is 26.0 Å². The van der Waals surface area contributed by atoms with Gasteiger partial charge in [-0.2, -0.15) is 4.31 Å². The third-order valence-electron chi connectivity index (χ3n) is 8.03. The van der Waals surface area contributed by atoms with Gasteiger partial charge in [0.15, 0.2) is 4.90 Å². The quantitative estimate of drug-likeness (QED) is 0.175. The van der Waals surface area contributed by atoms with Gasteiger partial charge in [-0.1, -0.05) is 42.5 Å². The number of nitrogens with one attached hydrogen (secondary N) is 2. The summed E-state index contributed by atoms with van der Waals surface area (Å²) in [5.74, 6) is -0.792. The van der Waals surface area contributed by atoms with Crippen LogP contribution in [0.2, 0.25) is 0 Å². The van der Waals surface area contributed by atoms with Crippen LogP contribution in [0.1, 0.15) is 30.5 Å². The van der Waals surface area contributed by atoms with Crippen molar-refractivity contribution in [3.63, 3.8) is 0 Å². The molecule has 1 aliphatic rings. The lowest BCUT2D eigenvalue weighted by Gasteiger charge is -2.31. The highest BCUT2D eigenvalue weighted by molar-refractivity contribution is 7.92. The molecule has 3 aromatic rings. The minimum Gasteiger partial charge on any atom is -0.310 e. The van der Waals surface area contributed by atoms with Crippen molar-refractivity contribution < 1.29 is 31.3 Å². The van der Waals surface area contributed by atoms with Crippen LogP contribution in [0, 0.1) is 17.0 Å². The Labute approximate surface area is 286 Å². The van der Waals surface area contributed by atoms with Crippen molar-refractivity contribution in [2.75, 3.05) is 49.1 Å². The third-order valence-corrected chi connectivity index (χ3v) is 10.8. The van der Waals surface area contributed by atoms with Crippen LogP contribution in [0.3, 0.4) is 0 Å². The molecule has 0 radical (unpaired) electrons. The fraction of sp³-hybridized carbons (Fsp3) is 0.375. The van der Waals surface area contributed by atoms with Gasteiger partial charge < -0.3 is 4.90 Å². The predicted molar refractivity (Wildman–Crippen MR) is 185 cm³/mol. The average Bonchev–Trinajstić information content (AvgIpc) is 3.47. The van der Waals surface area contributed by atoms with E-state index in [2.05, 4.69) is 10.0 Å². The van der Waals surface area contributed by atoms with E-state index in [1.165, 1.54) is 34.2 Å². The molecule has 17 heteroatoms. The van der Waals surface area contributed by atoms with Crippen molar-refractivity contribution in [3.05, 3.63) is 93.5 Å². The van der Waals surface area contributed by atoms with Crippen molar-refractivity contribution >= 4 is 48.9 Å². The Balaban J connectivity index is 1.55. The van der Waals surface area contributed by atoms with Crippen LogP contribution < -0.4 is 14.9 Å². The Morgan fingerprint density at radius 2 is 1.51 bits per heavy atom. The monoisotopic (exact) mass is 715 g/mol. The number of anilines is 2. The first-order valence-electron chi connectivity index (χ1n) is 15.4. The fourth-order valence-electron chi connectivity index (χ4n) is 5.54. The number of fused-ring (bicyclic) bond motifs is 1. The molecule has 0 saturated heterocycles. The van der Waals surface area contributed by atoms with Gasteiger partial charge in [-0.3, -0.25) is 34.8 Å². The summed E-state index contributed by atoms with van der Waals surface area (Å²) in [6, 6.07) is 16.9. The van der Waals surface area contributed by atoms with E-state index in [0.717, 1.165) is 33.8 Å². The zero-order chi connectivity index (χ0) is 36.1. The van der Waals surface area contributed by atoms with E-state index < -0.39 is 47.5 Å². The van der Waals surface area contributed by atoms with Crippen LogP contribution in [0.25, 0.3) is 0 Å². The van der Waals surface area contributed by atoms with E-state index in [1.807, 2.05) is 29.3 Å². The molecule has 0 aromatic heterocycles. The highest BCUT2D eigenvalue weighted by atomic mass is 32.2. The molecule has 0 spiro atoms. The van der Waals surface area contributed by atoms with E-state index in [0.29, 0.717) is 24.3 Å². The number of benzene rings is 3. The molecule has 0 aliphatic carbocycles. The second-order valence-electron chi connectivity index (χ2n) is 12.0.